The zero-order chi connectivity index (χ0) is 12.6. The van der Waals surface area contributed by atoms with Crippen molar-refractivity contribution in [2.24, 2.45) is 0 Å². The Labute approximate surface area is 96.7 Å². The molecule has 1 atom stereocenters. The number of sulfone groups is 1. The van der Waals surface area contributed by atoms with E-state index in [0.717, 1.165) is 0 Å². The van der Waals surface area contributed by atoms with E-state index in [-0.39, 0.29) is 17.5 Å². The highest BCUT2D eigenvalue weighted by atomic mass is 32.2. The van der Waals surface area contributed by atoms with E-state index in [9.17, 15) is 13.2 Å². The molecule has 1 unspecified atom stereocenters. The van der Waals surface area contributed by atoms with E-state index in [1.165, 1.54) is 4.90 Å². The minimum Gasteiger partial charge on any atom is -0.444 e. The first-order valence-electron chi connectivity index (χ1n) is 5.27. The van der Waals surface area contributed by atoms with Crippen LogP contribution in [0.4, 0.5) is 4.79 Å². The van der Waals surface area contributed by atoms with E-state index < -0.39 is 21.5 Å². The summed E-state index contributed by atoms with van der Waals surface area (Å²) in [5, 5.41) is 0. The van der Waals surface area contributed by atoms with Crippen LogP contribution in [0.3, 0.4) is 0 Å². The van der Waals surface area contributed by atoms with E-state index in [1.807, 2.05) is 0 Å². The Hall–Kier alpha value is -0.780. The van der Waals surface area contributed by atoms with E-state index in [1.54, 1.807) is 27.8 Å². The molecule has 0 aliphatic carbocycles. The number of hydrogen-bond donors (Lipinski definition) is 0. The summed E-state index contributed by atoms with van der Waals surface area (Å²) in [5.74, 6) is 0.202. The van der Waals surface area contributed by atoms with Crippen molar-refractivity contribution in [2.75, 3.05) is 18.6 Å². The maximum Gasteiger partial charge on any atom is 0.410 e. The van der Waals surface area contributed by atoms with Crippen molar-refractivity contribution in [1.29, 1.82) is 0 Å². The van der Waals surface area contributed by atoms with Gasteiger partial charge in [-0.15, -0.1) is 0 Å². The summed E-state index contributed by atoms with van der Waals surface area (Å²) in [6.45, 7) is 5.35. The molecule has 1 aliphatic rings. The highest BCUT2D eigenvalue weighted by Gasteiger charge is 2.34. The molecule has 0 radical (unpaired) electrons. The zero-order valence-electron chi connectivity index (χ0n) is 10.2. The van der Waals surface area contributed by atoms with E-state index in [2.05, 4.69) is 0 Å². The van der Waals surface area contributed by atoms with E-state index in [4.69, 9.17) is 4.74 Å². The third-order valence-electron chi connectivity index (χ3n) is 2.44. The molecule has 0 spiro atoms. The summed E-state index contributed by atoms with van der Waals surface area (Å²) in [4.78, 5) is 13.1. The van der Waals surface area contributed by atoms with Gasteiger partial charge in [0.1, 0.15) is 5.60 Å². The van der Waals surface area contributed by atoms with Gasteiger partial charge in [0.25, 0.3) is 0 Å². The normalized spacial score (nSPS) is 24.1. The van der Waals surface area contributed by atoms with Crippen molar-refractivity contribution in [3.63, 3.8) is 0 Å². The molecule has 0 N–H and O–H groups in total. The van der Waals surface area contributed by atoms with Gasteiger partial charge in [-0.05, 0) is 27.2 Å². The van der Waals surface area contributed by atoms with Crippen LogP contribution >= 0.6 is 0 Å². The highest BCUT2D eigenvalue weighted by molar-refractivity contribution is 7.91. The van der Waals surface area contributed by atoms with Crippen LogP contribution in [0.2, 0.25) is 0 Å². The van der Waals surface area contributed by atoms with Gasteiger partial charge in [-0.25, -0.2) is 13.2 Å². The molecule has 1 saturated heterocycles. The van der Waals surface area contributed by atoms with Gasteiger partial charge in [0.05, 0.1) is 11.5 Å². The fraction of sp³-hybridized carbons (Fsp3) is 0.900. The minimum absolute atomic E-state index is 0.0444. The van der Waals surface area contributed by atoms with Gasteiger partial charge in [0.15, 0.2) is 9.84 Å². The molecule has 1 aliphatic heterocycles. The number of hydrogen-bond acceptors (Lipinski definition) is 4. The Morgan fingerprint density at radius 1 is 1.38 bits per heavy atom. The van der Waals surface area contributed by atoms with E-state index in [0.29, 0.717) is 6.42 Å². The van der Waals surface area contributed by atoms with Gasteiger partial charge >= 0.3 is 6.09 Å². The van der Waals surface area contributed by atoms with Crippen LogP contribution in [-0.2, 0) is 14.6 Å². The molecule has 0 aromatic rings. The van der Waals surface area contributed by atoms with Crippen LogP contribution < -0.4 is 0 Å². The Bertz CT molecular complexity index is 369. The number of carbonyl (C=O) groups excluding carboxylic acids is 1. The van der Waals surface area contributed by atoms with Gasteiger partial charge in [-0.1, -0.05) is 0 Å². The molecule has 1 rings (SSSR count). The molecule has 0 bridgehead atoms. The van der Waals surface area contributed by atoms with Crippen molar-refractivity contribution in [1.82, 2.24) is 4.90 Å². The van der Waals surface area contributed by atoms with Gasteiger partial charge in [0.2, 0.25) is 0 Å². The average molecular weight is 249 g/mol. The van der Waals surface area contributed by atoms with Crippen LogP contribution in [-0.4, -0.2) is 49.6 Å². The third-order valence-corrected chi connectivity index (χ3v) is 4.19. The molecule has 94 valence electrons. The third kappa shape index (κ3) is 3.66. The summed E-state index contributed by atoms with van der Waals surface area (Å²) >= 11 is 0. The number of carbonyl (C=O) groups is 1. The van der Waals surface area contributed by atoms with Crippen molar-refractivity contribution < 1.29 is 17.9 Å². The van der Waals surface area contributed by atoms with Crippen molar-refractivity contribution in [2.45, 2.75) is 38.8 Å². The summed E-state index contributed by atoms with van der Waals surface area (Å²) in [6, 6.07) is -0.250. The number of nitrogens with zero attached hydrogens (tertiary/aromatic N) is 1. The van der Waals surface area contributed by atoms with E-state index >= 15 is 0 Å². The lowest BCUT2D eigenvalue weighted by atomic mass is 10.2. The van der Waals surface area contributed by atoms with Crippen molar-refractivity contribution in [3.05, 3.63) is 0 Å². The van der Waals surface area contributed by atoms with Crippen LogP contribution in [0.25, 0.3) is 0 Å². The maximum atomic E-state index is 11.7. The fourth-order valence-corrected chi connectivity index (χ4v) is 3.34. The van der Waals surface area contributed by atoms with Crippen LogP contribution in [0.15, 0.2) is 0 Å². The molecule has 0 aromatic carbocycles. The summed E-state index contributed by atoms with van der Waals surface area (Å²) < 4.78 is 27.7. The molecule has 5 nitrogen and oxygen atoms in total. The standard InChI is InChI=1S/C10H19NO4S/c1-10(2,3)15-9(12)11(4)8-5-6-16(13,14)7-8/h8H,5-7H2,1-4H3. The predicted octanol–water partition coefficient (Wildman–Crippen LogP) is 1.04. The second-order valence-corrected chi connectivity index (χ2v) is 7.38. The Kier molecular flexibility index (Phi) is 3.52. The first-order chi connectivity index (χ1) is 7.11. The Balaban J connectivity index is 2.59. The number of amides is 1. The van der Waals surface area contributed by atoms with Gasteiger partial charge in [-0.2, -0.15) is 0 Å². The second kappa shape index (κ2) is 4.24. The molecule has 6 heteroatoms. The molecule has 16 heavy (non-hydrogen) atoms. The Morgan fingerprint density at radius 2 is 1.94 bits per heavy atom. The van der Waals surface area contributed by atoms with Crippen molar-refractivity contribution >= 4 is 15.9 Å². The van der Waals surface area contributed by atoms with Gasteiger partial charge in [0, 0.05) is 13.1 Å². The Morgan fingerprint density at radius 3 is 2.31 bits per heavy atom. The second-order valence-electron chi connectivity index (χ2n) is 5.15. The average Bonchev–Trinajstić information content (AvgIpc) is 2.41. The molecule has 0 aromatic heterocycles. The largest absolute Gasteiger partial charge is 0.444 e. The SMILES string of the molecule is CN(C(=O)OC(C)(C)C)C1CCS(=O)(=O)C1. The molecule has 1 heterocycles. The fourth-order valence-electron chi connectivity index (χ4n) is 1.56. The lowest BCUT2D eigenvalue weighted by Gasteiger charge is -2.27. The van der Waals surface area contributed by atoms with Gasteiger partial charge < -0.3 is 9.64 Å². The maximum absolute atomic E-state index is 11.7. The summed E-state index contributed by atoms with van der Waals surface area (Å²) in [6.07, 6.45) is 0.0348. The molecule has 1 fully saturated rings. The van der Waals surface area contributed by atoms with Crippen molar-refractivity contribution in [3.8, 4) is 0 Å². The molecule has 1 amide bonds. The first kappa shape index (κ1) is 13.3. The van der Waals surface area contributed by atoms with Crippen LogP contribution in [0, 0.1) is 0 Å². The summed E-state index contributed by atoms with van der Waals surface area (Å²) in [7, 11) is -1.38. The monoisotopic (exact) mass is 249 g/mol. The quantitative estimate of drug-likeness (QED) is 0.696. The molecular formula is C10H19NO4S. The number of ether oxygens (including phenoxy) is 1. The van der Waals surface area contributed by atoms with Crippen LogP contribution in [0.5, 0.6) is 0 Å². The lowest BCUT2D eigenvalue weighted by molar-refractivity contribution is 0.0241. The minimum atomic E-state index is -2.97. The first-order valence-corrected chi connectivity index (χ1v) is 7.09. The lowest BCUT2D eigenvalue weighted by Crippen LogP contribution is -2.41. The predicted molar refractivity (Wildman–Crippen MR) is 61.1 cm³/mol. The zero-order valence-corrected chi connectivity index (χ0v) is 11.0. The number of rotatable bonds is 1. The smallest absolute Gasteiger partial charge is 0.410 e. The van der Waals surface area contributed by atoms with Gasteiger partial charge in [-0.3, -0.25) is 0 Å². The molecular weight excluding hydrogens is 230 g/mol. The molecule has 0 saturated carbocycles. The topological polar surface area (TPSA) is 63.7 Å². The van der Waals surface area contributed by atoms with Crippen LogP contribution in [0.1, 0.15) is 27.2 Å². The summed E-state index contributed by atoms with van der Waals surface area (Å²) in [5.41, 5.74) is -0.553. The highest BCUT2D eigenvalue weighted by Crippen LogP contribution is 2.18.